The highest BCUT2D eigenvalue weighted by atomic mass is 79.9. The maximum absolute atomic E-state index is 12.4. The van der Waals surface area contributed by atoms with Crippen molar-refractivity contribution >= 4 is 50.7 Å². The zero-order valence-electron chi connectivity index (χ0n) is 17.4. The summed E-state index contributed by atoms with van der Waals surface area (Å²) in [6.45, 7) is 0. The van der Waals surface area contributed by atoms with E-state index in [0.717, 1.165) is 32.7 Å². The van der Waals surface area contributed by atoms with Crippen molar-refractivity contribution in [2.75, 3.05) is 10.7 Å². The Hall–Kier alpha value is -3.49. The van der Waals surface area contributed by atoms with E-state index in [1.54, 1.807) is 11.1 Å². The smallest absolute Gasteiger partial charge is 0.243 e. The monoisotopic (exact) mass is 515 g/mol. The summed E-state index contributed by atoms with van der Waals surface area (Å²) in [6.07, 6.45) is 3.61. The number of benzene rings is 3. The van der Waals surface area contributed by atoms with Crippen LogP contribution in [0.2, 0.25) is 0 Å². The summed E-state index contributed by atoms with van der Waals surface area (Å²) in [5.74, 6) is 0.340. The second-order valence-electron chi connectivity index (χ2n) is 7.20. The number of thioether (sulfide) groups is 1. The fourth-order valence-corrected chi connectivity index (χ4v) is 4.52. The third-order valence-corrected chi connectivity index (χ3v) is 6.44. The SMILES string of the molecule is O=C1CS/C(=N\N=C/c2cn(-c3ccccc3)nc2-c2ccc(Br)cc2)N1c1ccccc1. The van der Waals surface area contributed by atoms with Crippen LogP contribution in [-0.4, -0.2) is 32.8 Å². The third kappa shape index (κ3) is 4.67. The van der Waals surface area contributed by atoms with E-state index in [1.165, 1.54) is 11.8 Å². The number of hydrogen-bond acceptors (Lipinski definition) is 5. The number of amides is 1. The molecule has 0 atom stereocenters. The lowest BCUT2D eigenvalue weighted by Gasteiger charge is -2.14. The first-order valence-corrected chi connectivity index (χ1v) is 12.0. The summed E-state index contributed by atoms with van der Waals surface area (Å²) in [6, 6.07) is 27.4. The van der Waals surface area contributed by atoms with Gasteiger partial charge in [0, 0.05) is 21.8 Å². The lowest BCUT2D eigenvalue weighted by Crippen LogP contribution is -2.28. The molecule has 1 amide bonds. The van der Waals surface area contributed by atoms with Crippen molar-refractivity contribution in [2.24, 2.45) is 10.2 Å². The Bertz CT molecular complexity index is 1330. The first-order valence-electron chi connectivity index (χ1n) is 10.2. The van der Waals surface area contributed by atoms with Crippen LogP contribution in [0.15, 0.2) is 106 Å². The number of para-hydroxylation sites is 2. The summed E-state index contributed by atoms with van der Waals surface area (Å²) in [5.41, 5.74) is 4.33. The predicted molar refractivity (Wildman–Crippen MR) is 138 cm³/mol. The van der Waals surface area contributed by atoms with Crippen molar-refractivity contribution in [3.05, 3.63) is 101 Å². The molecule has 1 aliphatic heterocycles. The lowest BCUT2D eigenvalue weighted by molar-refractivity contribution is -0.115. The number of anilines is 1. The Balaban J connectivity index is 1.50. The van der Waals surface area contributed by atoms with Crippen molar-refractivity contribution in [2.45, 2.75) is 0 Å². The Morgan fingerprint density at radius 2 is 1.58 bits per heavy atom. The van der Waals surface area contributed by atoms with Gasteiger partial charge >= 0.3 is 0 Å². The van der Waals surface area contributed by atoms with Gasteiger partial charge in [0.25, 0.3) is 0 Å². The van der Waals surface area contributed by atoms with Gasteiger partial charge in [-0.3, -0.25) is 9.69 Å². The molecule has 4 aromatic rings. The lowest BCUT2D eigenvalue weighted by atomic mass is 10.1. The third-order valence-electron chi connectivity index (χ3n) is 5.00. The average molecular weight is 516 g/mol. The van der Waals surface area contributed by atoms with Crippen LogP contribution in [0.4, 0.5) is 5.69 Å². The van der Waals surface area contributed by atoms with Crippen LogP contribution in [-0.2, 0) is 4.79 Å². The molecule has 3 aromatic carbocycles. The van der Waals surface area contributed by atoms with E-state index in [4.69, 9.17) is 5.10 Å². The number of carbonyl (C=O) groups is 1. The van der Waals surface area contributed by atoms with Gasteiger partial charge in [0.05, 0.1) is 23.3 Å². The highest BCUT2D eigenvalue weighted by Crippen LogP contribution is 2.27. The highest BCUT2D eigenvalue weighted by Gasteiger charge is 2.29. The molecule has 1 saturated heterocycles. The molecule has 6 nitrogen and oxygen atoms in total. The fourth-order valence-electron chi connectivity index (χ4n) is 3.43. The number of hydrogen-bond donors (Lipinski definition) is 0. The van der Waals surface area contributed by atoms with Crippen LogP contribution < -0.4 is 4.90 Å². The van der Waals surface area contributed by atoms with Crippen molar-refractivity contribution in [3.8, 4) is 16.9 Å². The Morgan fingerprint density at radius 3 is 2.27 bits per heavy atom. The van der Waals surface area contributed by atoms with Gasteiger partial charge in [-0.05, 0) is 36.4 Å². The molecule has 8 heteroatoms. The minimum Gasteiger partial charge on any atom is -0.273 e. The van der Waals surface area contributed by atoms with Crippen LogP contribution in [0.1, 0.15) is 5.56 Å². The Morgan fingerprint density at radius 1 is 0.909 bits per heavy atom. The molecule has 1 aromatic heterocycles. The summed E-state index contributed by atoms with van der Waals surface area (Å²) in [5, 5.41) is 14.1. The van der Waals surface area contributed by atoms with E-state index >= 15 is 0 Å². The zero-order valence-corrected chi connectivity index (χ0v) is 19.8. The Labute approximate surface area is 203 Å². The predicted octanol–water partition coefficient (Wildman–Crippen LogP) is 5.77. The minimum absolute atomic E-state index is 0.00685. The number of carbonyl (C=O) groups excluding carboxylic acids is 1. The van der Waals surface area contributed by atoms with Crippen LogP contribution in [0.25, 0.3) is 16.9 Å². The Kier molecular flexibility index (Phi) is 6.19. The van der Waals surface area contributed by atoms with Crippen molar-refractivity contribution in [3.63, 3.8) is 0 Å². The molecule has 0 bridgehead atoms. The van der Waals surface area contributed by atoms with Crippen LogP contribution in [0, 0.1) is 0 Å². The number of halogens is 1. The molecule has 0 unspecified atom stereocenters. The van der Waals surface area contributed by atoms with Crippen molar-refractivity contribution < 1.29 is 4.79 Å². The largest absolute Gasteiger partial charge is 0.273 e. The van der Waals surface area contributed by atoms with Gasteiger partial charge < -0.3 is 0 Å². The molecule has 0 spiro atoms. The zero-order chi connectivity index (χ0) is 22.6. The molecule has 33 heavy (non-hydrogen) atoms. The van der Waals surface area contributed by atoms with E-state index in [9.17, 15) is 4.79 Å². The minimum atomic E-state index is -0.00685. The van der Waals surface area contributed by atoms with E-state index in [1.807, 2.05) is 95.8 Å². The molecule has 0 aliphatic carbocycles. The fraction of sp³-hybridized carbons (Fsp3) is 0.0400. The first-order chi connectivity index (χ1) is 16.2. The molecule has 1 fully saturated rings. The number of nitrogens with zero attached hydrogens (tertiary/aromatic N) is 5. The van der Waals surface area contributed by atoms with Crippen LogP contribution in [0.5, 0.6) is 0 Å². The molecule has 162 valence electrons. The summed E-state index contributed by atoms with van der Waals surface area (Å²) < 4.78 is 2.83. The molecular weight excluding hydrogens is 498 g/mol. The van der Waals surface area contributed by atoms with Crippen LogP contribution in [0.3, 0.4) is 0 Å². The molecule has 1 aliphatic rings. The molecule has 2 heterocycles. The number of aromatic nitrogens is 2. The molecule has 0 radical (unpaired) electrons. The average Bonchev–Trinajstić information content (AvgIpc) is 3.44. The van der Waals surface area contributed by atoms with E-state index in [2.05, 4.69) is 26.1 Å². The maximum Gasteiger partial charge on any atom is 0.243 e. The normalized spacial score (nSPS) is 15.1. The standard InChI is InChI=1S/C25H18BrN5OS/c26-20-13-11-18(12-14-20)24-19(16-30(29-24)21-7-3-1-4-8-21)15-27-28-25-31(23(32)17-33-25)22-9-5-2-6-10-22/h1-16H,17H2/b27-15-,28-25-. The maximum atomic E-state index is 12.4. The van der Waals surface area contributed by atoms with Gasteiger partial charge in [0.15, 0.2) is 5.17 Å². The molecular formula is C25H18BrN5OS. The summed E-state index contributed by atoms with van der Waals surface area (Å²) in [7, 11) is 0. The highest BCUT2D eigenvalue weighted by molar-refractivity contribution is 9.10. The van der Waals surface area contributed by atoms with Gasteiger partial charge in [-0.15, -0.1) is 5.10 Å². The topological polar surface area (TPSA) is 62.9 Å². The van der Waals surface area contributed by atoms with E-state index < -0.39 is 0 Å². The number of rotatable bonds is 5. The summed E-state index contributed by atoms with van der Waals surface area (Å²) in [4.78, 5) is 14.0. The van der Waals surface area contributed by atoms with Crippen molar-refractivity contribution in [1.82, 2.24) is 9.78 Å². The van der Waals surface area contributed by atoms with Crippen molar-refractivity contribution in [1.29, 1.82) is 0 Å². The molecule has 0 saturated carbocycles. The second kappa shape index (κ2) is 9.56. The quantitative estimate of drug-likeness (QED) is 0.250. The second-order valence-corrected chi connectivity index (χ2v) is 9.06. The van der Waals surface area contributed by atoms with Gasteiger partial charge in [-0.25, -0.2) is 4.68 Å². The summed E-state index contributed by atoms with van der Waals surface area (Å²) >= 11 is 4.86. The van der Waals surface area contributed by atoms with E-state index in [-0.39, 0.29) is 5.91 Å². The van der Waals surface area contributed by atoms with Gasteiger partial charge in [-0.2, -0.15) is 10.2 Å². The molecule has 5 rings (SSSR count). The number of amidine groups is 1. The van der Waals surface area contributed by atoms with E-state index in [0.29, 0.717) is 10.9 Å². The first kappa shape index (κ1) is 21.4. The van der Waals surface area contributed by atoms with Gasteiger partial charge in [0.1, 0.15) is 5.69 Å². The van der Waals surface area contributed by atoms with Gasteiger partial charge in [-0.1, -0.05) is 76.2 Å². The van der Waals surface area contributed by atoms with Gasteiger partial charge in [0.2, 0.25) is 5.91 Å². The van der Waals surface area contributed by atoms with Crippen LogP contribution >= 0.6 is 27.7 Å². The molecule has 0 N–H and O–H groups in total.